The Labute approximate surface area is 207 Å². The van der Waals surface area contributed by atoms with E-state index >= 15 is 0 Å². The SMILES string of the molecule is Cc1ccccc1C(=O)Nc1cccc(N2C(=O)c3ccc(NC(=O)c4ccccc4)cc3C2=O)c1. The molecule has 4 aromatic rings. The number of amides is 4. The van der Waals surface area contributed by atoms with Crippen LogP contribution in [0.15, 0.2) is 97.1 Å². The van der Waals surface area contributed by atoms with Crippen LogP contribution in [0.2, 0.25) is 0 Å². The zero-order valence-corrected chi connectivity index (χ0v) is 19.3. The second kappa shape index (κ2) is 9.31. The molecule has 0 aromatic heterocycles. The number of nitrogens with one attached hydrogen (secondary N) is 2. The molecule has 1 aliphatic rings. The molecule has 0 radical (unpaired) electrons. The summed E-state index contributed by atoms with van der Waals surface area (Å²) in [7, 11) is 0. The molecule has 0 saturated carbocycles. The third-order valence-corrected chi connectivity index (χ3v) is 5.93. The van der Waals surface area contributed by atoms with Gasteiger partial charge in [0.1, 0.15) is 0 Å². The van der Waals surface area contributed by atoms with Crippen LogP contribution in [-0.4, -0.2) is 23.6 Å². The molecule has 4 amide bonds. The minimum Gasteiger partial charge on any atom is -0.322 e. The second-order valence-corrected chi connectivity index (χ2v) is 8.35. The number of carbonyl (C=O) groups is 4. The van der Waals surface area contributed by atoms with E-state index in [2.05, 4.69) is 10.6 Å². The summed E-state index contributed by atoms with van der Waals surface area (Å²) in [5.41, 5.74) is 3.48. The number of carbonyl (C=O) groups excluding carboxylic acids is 4. The molecule has 0 bridgehead atoms. The number of hydrogen-bond donors (Lipinski definition) is 2. The Hall–Kier alpha value is -5.04. The van der Waals surface area contributed by atoms with E-state index in [0.717, 1.165) is 10.5 Å². The summed E-state index contributed by atoms with van der Waals surface area (Å²) in [5, 5.41) is 5.58. The molecule has 7 heteroatoms. The van der Waals surface area contributed by atoms with E-state index in [1.807, 2.05) is 25.1 Å². The first kappa shape index (κ1) is 22.7. The maximum absolute atomic E-state index is 13.2. The Morgan fingerprint density at radius 1 is 0.639 bits per heavy atom. The van der Waals surface area contributed by atoms with E-state index in [9.17, 15) is 19.2 Å². The van der Waals surface area contributed by atoms with Crippen molar-refractivity contribution in [2.75, 3.05) is 15.5 Å². The van der Waals surface area contributed by atoms with Gasteiger partial charge in [-0.1, -0.05) is 42.5 Å². The van der Waals surface area contributed by atoms with Crippen LogP contribution < -0.4 is 15.5 Å². The van der Waals surface area contributed by atoms with Crippen molar-refractivity contribution in [3.63, 3.8) is 0 Å². The van der Waals surface area contributed by atoms with Crippen molar-refractivity contribution < 1.29 is 19.2 Å². The molecule has 7 nitrogen and oxygen atoms in total. The van der Waals surface area contributed by atoms with Gasteiger partial charge in [0.2, 0.25) is 0 Å². The summed E-state index contributed by atoms with van der Waals surface area (Å²) < 4.78 is 0. The van der Waals surface area contributed by atoms with Gasteiger partial charge in [0.15, 0.2) is 0 Å². The van der Waals surface area contributed by atoms with E-state index in [-0.39, 0.29) is 22.9 Å². The molecule has 176 valence electrons. The Bertz CT molecular complexity index is 1530. The van der Waals surface area contributed by atoms with Crippen molar-refractivity contribution in [2.45, 2.75) is 6.92 Å². The highest BCUT2D eigenvalue weighted by molar-refractivity contribution is 6.34. The lowest BCUT2D eigenvalue weighted by molar-refractivity contribution is 0.0924. The Morgan fingerprint density at radius 3 is 2.08 bits per heavy atom. The molecule has 0 saturated heterocycles. The number of imide groups is 1. The molecular weight excluding hydrogens is 454 g/mol. The minimum atomic E-state index is -0.506. The predicted octanol–water partition coefficient (Wildman–Crippen LogP) is 5.30. The molecule has 0 aliphatic carbocycles. The van der Waals surface area contributed by atoms with Crippen LogP contribution in [-0.2, 0) is 0 Å². The molecule has 1 aliphatic heterocycles. The number of anilines is 3. The quantitative estimate of drug-likeness (QED) is 0.383. The molecular formula is C29H21N3O4. The van der Waals surface area contributed by atoms with Gasteiger partial charge in [0.25, 0.3) is 23.6 Å². The van der Waals surface area contributed by atoms with Crippen LogP contribution >= 0.6 is 0 Å². The monoisotopic (exact) mass is 475 g/mol. The number of rotatable bonds is 5. The van der Waals surface area contributed by atoms with Crippen LogP contribution in [0.3, 0.4) is 0 Å². The van der Waals surface area contributed by atoms with Gasteiger partial charge in [-0.05, 0) is 67.1 Å². The standard InChI is InChI=1S/C29H21N3O4/c1-18-8-5-6-13-23(18)27(34)31-20-11-7-12-22(16-20)32-28(35)24-15-14-21(17-25(24)29(32)36)30-26(33)19-9-3-2-4-10-19/h2-17H,1H3,(H,30,33)(H,31,34). The van der Waals surface area contributed by atoms with Gasteiger partial charge in [-0.3, -0.25) is 19.2 Å². The molecule has 0 atom stereocenters. The molecule has 0 fully saturated rings. The van der Waals surface area contributed by atoms with Crippen molar-refractivity contribution in [2.24, 2.45) is 0 Å². The number of aryl methyl sites for hydroxylation is 1. The second-order valence-electron chi connectivity index (χ2n) is 8.35. The summed E-state index contributed by atoms with van der Waals surface area (Å²) in [6.45, 7) is 1.85. The van der Waals surface area contributed by atoms with Gasteiger partial charge < -0.3 is 10.6 Å². The van der Waals surface area contributed by atoms with E-state index in [4.69, 9.17) is 0 Å². The summed E-state index contributed by atoms with van der Waals surface area (Å²) >= 11 is 0. The van der Waals surface area contributed by atoms with Crippen molar-refractivity contribution in [3.05, 3.63) is 125 Å². The van der Waals surface area contributed by atoms with Gasteiger partial charge in [0.05, 0.1) is 16.8 Å². The third kappa shape index (κ3) is 4.25. The Morgan fingerprint density at radius 2 is 1.31 bits per heavy atom. The van der Waals surface area contributed by atoms with E-state index in [1.54, 1.807) is 66.7 Å². The van der Waals surface area contributed by atoms with Crippen LogP contribution in [0.1, 0.15) is 47.0 Å². The number of fused-ring (bicyclic) bond motifs is 1. The van der Waals surface area contributed by atoms with Gasteiger partial charge >= 0.3 is 0 Å². The highest BCUT2D eigenvalue weighted by atomic mass is 16.2. The van der Waals surface area contributed by atoms with Crippen LogP contribution in [0.4, 0.5) is 17.1 Å². The van der Waals surface area contributed by atoms with Crippen molar-refractivity contribution >= 4 is 40.7 Å². The van der Waals surface area contributed by atoms with Gasteiger partial charge in [-0.2, -0.15) is 0 Å². The number of benzene rings is 4. The number of hydrogen-bond acceptors (Lipinski definition) is 4. The molecule has 2 N–H and O–H groups in total. The third-order valence-electron chi connectivity index (χ3n) is 5.93. The first-order valence-corrected chi connectivity index (χ1v) is 11.3. The lowest BCUT2D eigenvalue weighted by Crippen LogP contribution is -2.29. The highest BCUT2D eigenvalue weighted by Gasteiger charge is 2.37. The van der Waals surface area contributed by atoms with Crippen LogP contribution in [0.25, 0.3) is 0 Å². The average molecular weight is 476 g/mol. The Balaban J connectivity index is 1.37. The fraction of sp³-hybridized carbons (Fsp3) is 0.0345. The normalized spacial score (nSPS) is 12.3. The maximum Gasteiger partial charge on any atom is 0.266 e. The average Bonchev–Trinajstić information content (AvgIpc) is 3.14. The molecule has 1 heterocycles. The van der Waals surface area contributed by atoms with Crippen LogP contribution in [0, 0.1) is 6.92 Å². The van der Waals surface area contributed by atoms with Crippen molar-refractivity contribution in [1.29, 1.82) is 0 Å². The summed E-state index contributed by atoms with van der Waals surface area (Å²) in [6.07, 6.45) is 0. The molecule has 36 heavy (non-hydrogen) atoms. The summed E-state index contributed by atoms with van der Waals surface area (Å²) in [5.74, 6) is -1.58. The summed E-state index contributed by atoms with van der Waals surface area (Å²) in [6, 6.07) is 27.1. The number of nitrogens with zero attached hydrogens (tertiary/aromatic N) is 1. The van der Waals surface area contributed by atoms with Gasteiger partial charge in [0, 0.05) is 22.5 Å². The van der Waals surface area contributed by atoms with Crippen molar-refractivity contribution in [1.82, 2.24) is 0 Å². The molecule has 4 aromatic carbocycles. The topological polar surface area (TPSA) is 95.6 Å². The fourth-order valence-electron chi connectivity index (χ4n) is 4.09. The highest BCUT2D eigenvalue weighted by Crippen LogP contribution is 2.31. The van der Waals surface area contributed by atoms with Crippen LogP contribution in [0.5, 0.6) is 0 Å². The van der Waals surface area contributed by atoms with Gasteiger partial charge in [-0.25, -0.2) is 4.90 Å². The molecule has 0 spiro atoms. The smallest absolute Gasteiger partial charge is 0.266 e. The first-order chi connectivity index (χ1) is 17.4. The first-order valence-electron chi connectivity index (χ1n) is 11.3. The molecule has 0 unspecified atom stereocenters. The maximum atomic E-state index is 13.2. The van der Waals surface area contributed by atoms with E-state index in [1.165, 1.54) is 12.1 Å². The lowest BCUT2D eigenvalue weighted by Gasteiger charge is -2.15. The molecule has 5 rings (SSSR count). The van der Waals surface area contributed by atoms with Gasteiger partial charge in [-0.15, -0.1) is 0 Å². The van der Waals surface area contributed by atoms with E-state index in [0.29, 0.717) is 28.2 Å². The lowest BCUT2D eigenvalue weighted by atomic mass is 10.1. The summed E-state index contributed by atoms with van der Waals surface area (Å²) in [4.78, 5) is 52.6. The largest absolute Gasteiger partial charge is 0.322 e. The Kier molecular flexibility index (Phi) is 5.88. The zero-order chi connectivity index (χ0) is 25.2. The predicted molar refractivity (Wildman–Crippen MR) is 138 cm³/mol. The van der Waals surface area contributed by atoms with Crippen molar-refractivity contribution in [3.8, 4) is 0 Å². The minimum absolute atomic E-state index is 0.195. The fourth-order valence-corrected chi connectivity index (χ4v) is 4.09. The zero-order valence-electron chi connectivity index (χ0n) is 19.3. The van der Waals surface area contributed by atoms with E-state index < -0.39 is 11.8 Å².